The number of aromatic nitrogens is 2. The minimum atomic E-state index is -4.90. The van der Waals surface area contributed by atoms with Crippen LogP contribution in [0.4, 0.5) is 26.3 Å². The lowest BCUT2D eigenvalue weighted by Crippen LogP contribution is -2.17. The van der Waals surface area contributed by atoms with Crippen LogP contribution in [0.25, 0.3) is 11.4 Å². The van der Waals surface area contributed by atoms with E-state index in [1.54, 1.807) is 24.3 Å². The number of rotatable bonds is 11. The van der Waals surface area contributed by atoms with Gasteiger partial charge in [0.2, 0.25) is 0 Å². The number of halogens is 6. The molecule has 0 aliphatic carbocycles. The molecule has 0 unspecified atom stereocenters. The van der Waals surface area contributed by atoms with Crippen LogP contribution in [-0.4, -0.2) is 33.6 Å². The van der Waals surface area contributed by atoms with Crippen LogP contribution in [0.3, 0.4) is 0 Å². The molecule has 0 amide bonds. The molecule has 0 saturated heterocycles. The fourth-order valence-corrected chi connectivity index (χ4v) is 3.48. The van der Waals surface area contributed by atoms with E-state index >= 15 is 0 Å². The predicted octanol–water partition coefficient (Wildman–Crippen LogP) is 6.54. The summed E-state index contributed by atoms with van der Waals surface area (Å²) in [6, 6.07) is 10.9. The van der Waals surface area contributed by atoms with Gasteiger partial charge in [0.25, 0.3) is 0 Å². The van der Waals surface area contributed by atoms with E-state index in [1.165, 1.54) is 12.1 Å². The second-order valence-electron chi connectivity index (χ2n) is 7.78. The smallest absolute Gasteiger partial charge is 0.493 e. The first-order valence-corrected chi connectivity index (χ1v) is 10.9. The highest BCUT2D eigenvalue weighted by atomic mass is 19.4. The molecule has 1 heterocycles. The van der Waals surface area contributed by atoms with Crippen molar-refractivity contribution in [1.82, 2.24) is 9.55 Å². The number of ether oxygens (including phenoxy) is 2. The van der Waals surface area contributed by atoms with Gasteiger partial charge in [-0.2, -0.15) is 13.2 Å². The highest BCUT2D eigenvalue weighted by molar-refractivity contribution is 5.66. The van der Waals surface area contributed by atoms with Crippen molar-refractivity contribution in [1.29, 1.82) is 0 Å². The molecular weight excluding hydrogens is 494 g/mol. The summed E-state index contributed by atoms with van der Waals surface area (Å²) in [5.74, 6) is -1.13. The largest absolute Gasteiger partial charge is 0.573 e. The molecule has 1 aromatic heterocycles. The summed E-state index contributed by atoms with van der Waals surface area (Å²) in [4.78, 5) is 14.5. The van der Waals surface area contributed by atoms with Crippen molar-refractivity contribution in [3.8, 4) is 22.9 Å². The van der Waals surface area contributed by atoms with E-state index in [4.69, 9.17) is 9.84 Å². The van der Waals surface area contributed by atoms with Crippen LogP contribution in [0.1, 0.15) is 36.9 Å². The Morgan fingerprint density at radius 1 is 0.944 bits per heavy atom. The van der Waals surface area contributed by atoms with E-state index in [1.807, 2.05) is 0 Å². The molecule has 12 heteroatoms. The van der Waals surface area contributed by atoms with Crippen LogP contribution in [0, 0.1) is 0 Å². The third-order valence-corrected chi connectivity index (χ3v) is 5.09. The number of alkyl halides is 6. The topological polar surface area (TPSA) is 73.6 Å². The molecule has 0 aliphatic rings. The van der Waals surface area contributed by atoms with Crippen molar-refractivity contribution in [2.45, 2.75) is 44.8 Å². The van der Waals surface area contributed by atoms with Crippen LogP contribution in [0.5, 0.6) is 11.5 Å². The van der Waals surface area contributed by atoms with Gasteiger partial charge in [0.15, 0.2) is 0 Å². The van der Waals surface area contributed by atoms with Crippen LogP contribution >= 0.6 is 0 Å². The Morgan fingerprint density at radius 3 is 2.28 bits per heavy atom. The minimum Gasteiger partial charge on any atom is -0.493 e. The number of para-hydroxylation sites is 1. The molecule has 0 radical (unpaired) electrons. The number of carboxylic acid groups (broad SMARTS) is 1. The third kappa shape index (κ3) is 7.65. The predicted molar refractivity (Wildman–Crippen MR) is 116 cm³/mol. The van der Waals surface area contributed by atoms with Gasteiger partial charge in [-0.3, -0.25) is 4.79 Å². The molecule has 3 rings (SSSR count). The summed E-state index contributed by atoms with van der Waals surface area (Å²) in [5, 5.41) is 8.68. The number of aliphatic carboxylic acids is 1. The Hall–Kier alpha value is -3.70. The number of hydrogen-bond acceptors (Lipinski definition) is 4. The maximum Gasteiger partial charge on any atom is 0.573 e. The van der Waals surface area contributed by atoms with Crippen LogP contribution in [-0.2, 0) is 17.5 Å². The molecule has 0 spiro atoms. The average Bonchev–Trinajstić information content (AvgIpc) is 3.20. The molecule has 0 fully saturated rings. The van der Waals surface area contributed by atoms with E-state index < -0.39 is 30.0 Å². The molecule has 0 atom stereocenters. The first-order chi connectivity index (χ1) is 16.9. The fraction of sp³-hybridized carbons (Fsp3) is 0.333. The van der Waals surface area contributed by atoms with Crippen molar-refractivity contribution < 1.29 is 45.7 Å². The first-order valence-electron chi connectivity index (χ1n) is 10.9. The Morgan fingerprint density at radius 2 is 1.64 bits per heavy atom. The van der Waals surface area contributed by atoms with Crippen molar-refractivity contribution in [3.05, 3.63) is 66.0 Å². The molecule has 1 N–H and O–H groups in total. The number of carboxylic acids is 1. The Bertz CT molecular complexity index is 1160. The van der Waals surface area contributed by atoms with Gasteiger partial charge in [-0.25, -0.2) is 4.98 Å². The molecule has 0 aliphatic heterocycles. The van der Waals surface area contributed by atoms with Crippen LogP contribution < -0.4 is 9.47 Å². The summed E-state index contributed by atoms with van der Waals surface area (Å²) in [5.41, 5.74) is -0.432. The number of carbonyl (C=O) groups is 1. The minimum absolute atomic E-state index is 0.0452. The monoisotopic (exact) mass is 516 g/mol. The van der Waals surface area contributed by atoms with Gasteiger partial charge in [0.1, 0.15) is 23.0 Å². The van der Waals surface area contributed by atoms with Crippen molar-refractivity contribution >= 4 is 5.97 Å². The maximum absolute atomic E-state index is 13.7. The average molecular weight is 516 g/mol. The third-order valence-electron chi connectivity index (χ3n) is 5.09. The summed E-state index contributed by atoms with van der Waals surface area (Å²) in [6.45, 7) is -0.0135. The first kappa shape index (κ1) is 26.9. The lowest BCUT2D eigenvalue weighted by Gasteiger charge is -2.17. The number of nitrogens with zero attached hydrogens (tertiary/aromatic N) is 2. The van der Waals surface area contributed by atoms with E-state index in [0.717, 1.165) is 16.7 Å². The maximum atomic E-state index is 13.7. The number of imidazole rings is 1. The molecule has 0 saturated carbocycles. The SMILES string of the molecule is O=C(O)CCCCCOc1ccccc1Cn1c(C(F)(F)F)cnc1-c1ccc(OC(F)(F)F)cc1. The molecule has 194 valence electrons. The van der Waals surface area contributed by atoms with Gasteiger partial charge in [0.05, 0.1) is 19.3 Å². The normalized spacial score (nSPS) is 11.9. The standard InChI is InChI=1S/C24H22F6N2O4/c25-23(26,27)20-14-31-22(16-9-11-18(12-10-16)36-24(28,29)30)32(20)15-17-6-3-4-7-19(17)35-13-5-1-2-8-21(33)34/h3-4,6-7,9-12,14H,1-2,5,8,13,15H2,(H,33,34). The lowest BCUT2D eigenvalue weighted by molar-refractivity contribution is -0.274. The van der Waals surface area contributed by atoms with E-state index in [-0.39, 0.29) is 31.0 Å². The Balaban J connectivity index is 1.83. The van der Waals surface area contributed by atoms with Gasteiger partial charge >= 0.3 is 18.5 Å². The molecule has 36 heavy (non-hydrogen) atoms. The van der Waals surface area contributed by atoms with Crippen molar-refractivity contribution in [3.63, 3.8) is 0 Å². The Kier molecular flexibility index (Phi) is 8.49. The van der Waals surface area contributed by atoms with Gasteiger partial charge in [-0.15, -0.1) is 13.2 Å². The molecule has 6 nitrogen and oxygen atoms in total. The van der Waals surface area contributed by atoms with Crippen molar-refractivity contribution in [2.75, 3.05) is 6.61 Å². The van der Waals surface area contributed by atoms with Crippen LogP contribution in [0.2, 0.25) is 0 Å². The van der Waals surface area contributed by atoms with Gasteiger partial charge in [-0.1, -0.05) is 18.2 Å². The van der Waals surface area contributed by atoms with Crippen LogP contribution in [0.15, 0.2) is 54.7 Å². The zero-order chi connectivity index (χ0) is 26.3. The number of hydrogen-bond donors (Lipinski definition) is 1. The Labute approximate surface area is 202 Å². The molecular formula is C24H22F6N2O4. The van der Waals surface area contributed by atoms with Crippen molar-refractivity contribution in [2.24, 2.45) is 0 Å². The second kappa shape index (κ2) is 11.4. The second-order valence-corrected chi connectivity index (χ2v) is 7.78. The van der Waals surface area contributed by atoms with E-state index in [9.17, 15) is 31.1 Å². The van der Waals surface area contributed by atoms with E-state index in [0.29, 0.717) is 36.8 Å². The van der Waals surface area contributed by atoms with E-state index in [2.05, 4.69) is 9.72 Å². The zero-order valence-electron chi connectivity index (χ0n) is 18.8. The fourth-order valence-electron chi connectivity index (χ4n) is 3.48. The number of benzene rings is 2. The number of unbranched alkanes of at least 4 members (excludes halogenated alkanes) is 2. The summed E-state index contributed by atoms with van der Waals surface area (Å²) < 4.78 is 88.9. The molecule has 0 bridgehead atoms. The van der Waals surface area contributed by atoms with Gasteiger partial charge < -0.3 is 19.1 Å². The summed E-state index contributed by atoms with van der Waals surface area (Å²) in [7, 11) is 0. The van der Waals surface area contributed by atoms with Gasteiger partial charge in [-0.05, 0) is 49.6 Å². The zero-order valence-corrected chi connectivity index (χ0v) is 18.8. The molecule has 2 aromatic carbocycles. The molecule has 3 aromatic rings. The summed E-state index contributed by atoms with van der Waals surface area (Å²) >= 11 is 0. The van der Waals surface area contributed by atoms with Gasteiger partial charge in [0, 0.05) is 17.5 Å². The summed E-state index contributed by atoms with van der Waals surface area (Å²) in [6.07, 6.45) is -7.25. The highest BCUT2D eigenvalue weighted by Crippen LogP contribution is 2.35. The lowest BCUT2D eigenvalue weighted by atomic mass is 10.1. The highest BCUT2D eigenvalue weighted by Gasteiger charge is 2.36. The quantitative estimate of drug-likeness (QED) is 0.232.